The molecule has 1 amide bonds. The molecule has 2 rings (SSSR count). The van der Waals surface area contributed by atoms with Crippen LogP contribution < -0.4 is 10.1 Å². The highest BCUT2D eigenvalue weighted by atomic mass is 35.5. The van der Waals surface area contributed by atoms with Crippen LogP contribution >= 0.6 is 11.6 Å². The van der Waals surface area contributed by atoms with Gasteiger partial charge in [-0.3, -0.25) is 4.79 Å². The topological polar surface area (TPSA) is 62.1 Å². The first-order valence-electron chi connectivity index (χ1n) is 7.28. The molecule has 0 aliphatic rings. The molecule has 0 heterocycles. The van der Waals surface area contributed by atoms with Gasteiger partial charge in [0, 0.05) is 16.3 Å². The lowest BCUT2D eigenvalue weighted by atomic mass is 10.1. The molecule has 2 aromatic rings. The Hall–Kier alpha value is -2.77. The third-order valence-corrected chi connectivity index (χ3v) is 3.57. The van der Waals surface area contributed by atoms with Gasteiger partial charge in [0.15, 0.2) is 0 Å². The zero-order chi connectivity index (χ0) is 17.7. The molecule has 0 aromatic heterocycles. The number of amides is 1. The minimum atomic E-state index is -0.482. The first kappa shape index (κ1) is 17.6. The van der Waals surface area contributed by atoms with Gasteiger partial charge in [-0.05, 0) is 61.4 Å². The Morgan fingerprint density at radius 3 is 2.46 bits per heavy atom. The first-order valence-corrected chi connectivity index (χ1v) is 7.65. The number of methoxy groups -OCH3 is 1. The molecule has 2 aromatic carbocycles. The first-order chi connectivity index (χ1) is 11.4. The number of carbonyl (C=O) groups is 1. The van der Waals surface area contributed by atoms with Crippen LogP contribution in [0, 0.1) is 25.2 Å². The summed E-state index contributed by atoms with van der Waals surface area (Å²) in [6.07, 6.45) is 1.46. The van der Waals surface area contributed by atoms with Gasteiger partial charge < -0.3 is 10.1 Å². The minimum absolute atomic E-state index is 0.0327. The Morgan fingerprint density at radius 2 is 1.88 bits per heavy atom. The van der Waals surface area contributed by atoms with Crippen LogP contribution in [-0.2, 0) is 4.79 Å². The standard InChI is InChI=1S/C19H17ClN2O2/c1-12-6-13(2)8-17(7-12)22-19(23)15(11-21)9-14-10-16(20)4-5-18(14)24-3/h4-10H,1-3H3,(H,22,23)/b15-9+. The third kappa shape index (κ3) is 4.37. The molecule has 1 N–H and O–H groups in total. The molecular weight excluding hydrogens is 324 g/mol. The van der Waals surface area contributed by atoms with E-state index >= 15 is 0 Å². The summed E-state index contributed by atoms with van der Waals surface area (Å²) >= 11 is 5.98. The van der Waals surface area contributed by atoms with Crippen molar-refractivity contribution in [2.75, 3.05) is 12.4 Å². The average Bonchev–Trinajstić information content (AvgIpc) is 2.51. The maximum Gasteiger partial charge on any atom is 0.266 e. The van der Waals surface area contributed by atoms with E-state index in [1.54, 1.807) is 18.2 Å². The summed E-state index contributed by atoms with van der Waals surface area (Å²) in [5, 5.41) is 12.6. The van der Waals surface area contributed by atoms with E-state index in [0.29, 0.717) is 22.0 Å². The molecule has 24 heavy (non-hydrogen) atoms. The van der Waals surface area contributed by atoms with E-state index in [2.05, 4.69) is 5.32 Å². The Bertz CT molecular complexity index is 831. The fraction of sp³-hybridized carbons (Fsp3) is 0.158. The second-order valence-corrected chi connectivity index (χ2v) is 5.82. The summed E-state index contributed by atoms with van der Waals surface area (Å²) < 4.78 is 5.23. The quantitative estimate of drug-likeness (QED) is 0.658. The molecule has 0 saturated carbocycles. The fourth-order valence-corrected chi connectivity index (χ4v) is 2.55. The van der Waals surface area contributed by atoms with Crippen molar-refractivity contribution in [1.29, 1.82) is 5.26 Å². The number of hydrogen-bond acceptors (Lipinski definition) is 3. The second-order valence-electron chi connectivity index (χ2n) is 5.39. The number of rotatable bonds is 4. The third-order valence-electron chi connectivity index (χ3n) is 3.34. The van der Waals surface area contributed by atoms with Crippen LogP contribution in [0.5, 0.6) is 5.75 Å². The van der Waals surface area contributed by atoms with Gasteiger partial charge in [-0.25, -0.2) is 0 Å². The van der Waals surface area contributed by atoms with Crippen molar-refractivity contribution in [1.82, 2.24) is 0 Å². The average molecular weight is 341 g/mol. The summed E-state index contributed by atoms with van der Waals surface area (Å²) in [4.78, 5) is 12.4. The van der Waals surface area contributed by atoms with E-state index in [1.165, 1.54) is 13.2 Å². The molecule has 0 unspecified atom stereocenters. The van der Waals surface area contributed by atoms with Crippen molar-refractivity contribution >= 4 is 29.3 Å². The second kappa shape index (κ2) is 7.67. The fourth-order valence-electron chi connectivity index (χ4n) is 2.37. The molecule has 0 atom stereocenters. The van der Waals surface area contributed by atoms with Gasteiger partial charge in [0.1, 0.15) is 17.4 Å². The number of benzene rings is 2. The number of aryl methyl sites for hydroxylation is 2. The van der Waals surface area contributed by atoms with Gasteiger partial charge in [0.05, 0.1) is 7.11 Å². The smallest absolute Gasteiger partial charge is 0.266 e. The number of nitriles is 1. The van der Waals surface area contributed by atoms with Gasteiger partial charge in [-0.2, -0.15) is 5.26 Å². The SMILES string of the molecule is COc1ccc(Cl)cc1/C=C(\C#N)C(=O)Nc1cc(C)cc(C)c1. The highest BCUT2D eigenvalue weighted by Gasteiger charge is 2.12. The molecule has 122 valence electrons. The molecule has 4 nitrogen and oxygen atoms in total. The predicted octanol–water partition coefficient (Wildman–Crippen LogP) is 4.51. The summed E-state index contributed by atoms with van der Waals surface area (Å²) in [5.41, 5.74) is 3.25. The van der Waals surface area contributed by atoms with Crippen molar-refractivity contribution in [3.63, 3.8) is 0 Å². The Morgan fingerprint density at radius 1 is 1.21 bits per heavy atom. The lowest BCUT2D eigenvalue weighted by Crippen LogP contribution is -2.13. The maximum atomic E-state index is 12.4. The van der Waals surface area contributed by atoms with Crippen LogP contribution in [0.4, 0.5) is 5.69 Å². The molecule has 0 fully saturated rings. The van der Waals surface area contributed by atoms with Crippen molar-refractivity contribution in [2.45, 2.75) is 13.8 Å². The van der Waals surface area contributed by atoms with Gasteiger partial charge in [0.25, 0.3) is 5.91 Å². The summed E-state index contributed by atoms with van der Waals surface area (Å²) in [6, 6.07) is 12.6. The van der Waals surface area contributed by atoms with Gasteiger partial charge in [-0.1, -0.05) is 17.7 Å². The summed E-state index contributed by atoms with van der Waals surface area (Å²) in [6.45, 7) is 3.89. The van der Waals surface area contributed by atoms with E-state index in [1.807, 2.05) is 38.1 Å². The van der Waals surface area contributed by atoms with Crippen molar-refractivity contribution < 1.29 is 9.53 Å². The zero-order valence-corrected chi connectivity index (χ0v) is 14.4. The highest BCUT2D eigenvalue weighted by molar-refractivity contribution is 6.30. The maximum absolute atomic E-state index is 12.4. The summed E-state index contributed by atoms with van der Waals surface area (Å²) in [5.74, 6) is 0.0517. The molecule has 0 saturated heterocycles. The van der Waals surface area contributed by atoms with Crippen molar-refractivity contribution in [3.8, 4) is 11.8 Å². The molecule has 0 radical (unpaired) electrons. The van der Waals surface area contributed by atoms with E-state index in [-0.39, 0.29) is 5.57 Å². The van der Waals surface area contributed by atoms with Gasteiger partial charge in [-0.15, -0.1) is 0 Å². The van der Waals surface area contributed by atoms with E-state index < -0.39 is 5.91 Å². The predicted molar refractivity (Wildman–Crippen MR) is 96.1 cm³/mol. The highest BCUT2D eigenvalue weighted by Crippen LogP contribution is 2.25. The van der Waals surface area contributed by atoms with Crippen molar-refractivity contribution in [2.24, 2.45) is 0 Å². The monoisotopic (exact) mass is 340 g/mol. The van der Waals surface area contributed by atoms with Crippen molar-refractivity contribution in [3.05, 3.63) is 63.7 Å². The Labute approximate surface area is 146 Å². The number of nitrogens with one attached hydrogen (secondary N) is 1. The zero-order valence-electron chi connectivity index (χ0n) is 13.7. The number of halogens is 1. The molecule has 0 bridgehead atoms. The summed E-state index contributed by atoms with van der Waals surface area (Å²) in [7, 11) is 1.52. The normalized spacial score (nSPS) is 10.9. The van der Waals surface area contributed by atoms with Crippen LogP contribution in [0.1, 0.15) is 16.7 Å². The number of nitrogens with zero attached hydrogens (tertiary/aromatic N) is 1. The van der Waals surface area contributed by atoms with Crippen LogP contribution in [0.15, 0.2) is 42.0 Å². The van der Waals surface area contributed by atoms with Crippen LogP contribution in [0.2, 0.25) is 5.02 Å². The Kier molecular flexibility index (Phi) is 5.62. The number of anilines is 1. The largest absolute Gasteiger partial charge is 0.496 e. The Balaban J connectivity index is 2.32. The van der Waals surface area contributed by atoms with E-state index in [9.17, 15) is 10.1 Å². The minimum Gasteiger partial charge on any atom is -0.496 e. The van der Waals surface area contributed by atoms with E-state index in [4.69, 9.17) is 16.3 Å². The molecule has 0 spiro atoms. The number of ether oxygens (including phenoxy) is 1. The van der Waals surface area contributed by atoms with Crippen LogP contribution in [-0.4, -0.2) is 13.0 Å². The van der Waals surface area contributed by atoms with Crippen LogP contribution in [0.3, 0.4) is 0 Å². The van der Waals surface area contributed by atoms with Crippen LogP contribution in [0.25, 0.3) is 6.08 Å². The molecule has 0 aliphatic heterocycles. The van der Waals surface area contributed by atoms with Gasteiger partial charge >= 0.3 is 0 Å². The molecular formula is C19H17ClN2O2. The van der Waals surface area contributed by atoms with E-state index in [0.717, 1.165) is 11.1 Å². The lowest BCUT2D eigenvalue weighted by molar-refractivity contribution is -0.112. The number of carbonyl (C=O) groups excluding carboxylic acids is 1. The molecule has 0 aliphatic carbocycles. The molecule has 5 heteroatoms. The lowest BCUT2D eigenvalue weighted by Gasteiger charge is -2.08. The van der Waals surface area contributed by atoms with Gasteiger partial charge in [0.2, 0.25) is 0 Å². The number of hydrogen-bond donors (Lipinski definition) is 1.